The molecule has 0 aliphatic heterocycles. The first-order valence-electron chi connectivity index (χ1n) is 5.54. The Morgan fingerprint density at radius 2 is 2.00 bits per heavy atom. The Morgan fingerprint density at radius 1 is 1.38 bits per heavy atom. The summed E-state index contributed by atoms with van der Waals surface area (Å²) in [5.41, 5.74) is 7.35. The first-order chi connectivity index (χ1) is 7.36. The van der Waals surface area contributed by atoms with Crippen LogP contribution in [-0.2, 0) is 0 Å². The molecule has 0 bridgehead atoms. The molecule has 1 rings (SSSR count). The molecule has 0 aliphatic carbocycles. The van der Waals surface area contributed by atoms with E-state index in [4.69, 9.17) is 10.5 Å². The van der Waals surface area contributed by atoms with Crippen molar-refractivity contribution >= 4 is 15.9 Å². The Balaban J connectivity index is 3.14. The molecule has 1 aromatic carbocycles. The van der Waals surface area contributed by atoms with Gasteiger partial charge in [-0.3, -0.25) is 0 Å². The van der Waals surface area contributed by atoms with E-state index in [1.54, 1.807) is 0 Å². The SMILES string of the molecule is CCOc1ccc(Br)cc1[C@H](N)C(C)(C)C. The zero-order valence-corrected chi connectivity index (χ0v) is 12.0. The van der Waals surface area contributed by atoms with E-state index in [-0.39, 0.29) is 11.5 Å². The first kappa shape index (κ1) is 13.5. The van der Waals surface area contributed by atoms with Crippen LogP contribution in [0.1, 0.15) is 39.3 Å². The quantitative estimate of drug-likeness (QED) is 0.914. The molecular formula is C13H20BrNO. The molecule has 1 atom stereocenters. The van der Waals surface area contributed by atoms with Gasteiger partial charge in [0.1, 0.15) is 5.75 Å². The van der Waals surface area contributed by atoms with E-state index in [1.165, 1.54) is 0 Å². The molecule has 90 valence electrons. The molecule has 0 amide bonds. The topological polar surface area (TPSA) is 35.2 Å². The van der Waals surface area contributed by atoms with Crippen molar-refractivity contribution in [3.63, 3.8) is 0 Å². The maximum absolute atomic E-state index is 6.27. The fourth-order valence-corrected chi connectivity index (χ4v) is 1.89. The van der Waals surface area contributed by atoms with Gasteiger partial charge in [0.25, 0.3) is 0 Å². The minimum Gasteiger partial charge on any atom is -0.494 e. The highest BCUT2D eigenvalue weighted by atomic mass is 79.9. The molecule has 0 aromatic heterocycles. The van der Waals surface area contributed by atoms with Crippen LogP contribution >= 0.6 is 15.9 Å². The van der Waals surface area contributed by atoms with Gasteiger partial charge in [-0.2, -0.15) is 0 Å². The Labute approximate surface area is 106 Å². The number of rotatable bonds is 3. The van der Waals surface area contributed by atoms with Gasteiger partial charge < -0.3 is 10.5 Å². The molecule has 2 nitrogen and oxygen atoms in total. The monoisotopic (exact) mass is 285 g/mol. The molecule has 16 heavy (non-hydrogen) atoms. The third kappa shape index (κ3) is 3.22. The van der Waals surface area contributed by atoms with E-state index in [9.17, 15) is 0 Å². The second-order valence-corrected chi connectivity index (χ2v) is 5.87. The van der Waals surface area contributed by atoms with Crippen molar-refractivity contribution in [2.75, 3.05) is 6.61 Å². The molecule has 0 heterocycles. The smallest absolute Gasteiger partial charge is 0.124 e. The zero-order chi connectivity index (χ0) is 12.3. The van der Waals surface area contributed by atoms with Crippen LogP contribution in [0.3, 0.4) is 0 Å². The lowest BCUT2D eigenvalue weighted by Gasteiger charge is -2.29. The summed E-state index contributed by atoms with van der Waals surface area (Å²) in [6.45, 7) is 9.04. The van der Waals surface area contributed by atoms with Gasteiger partial charge in [0.2, 0.25) is 0 Å². The predicted molar refractivity (Wildman–Crippen MR) is 71.7 cm³/mol. The van der Waals surface area contributed by atoms with Gasteiger partial charge in [0.15, 0.2) is 0 Å². The van der Waals surface area contributed by atoms with E-state index in [0.717, 1.165) is 15.8 Å². The summed E-state index contributed by atoms with van der Waals surface area (Å²) in [5, 5.41) is 0. The molecule has 3 heteroatoms. The third-order valence-corrected chi connectivity index (χ3v) is 3.03. The van der Waals surface area contributed by atoms with Crippen LogP contribution in [0.4, 0.5) is 0 Å². The second-order valence-electron chi connectivity index (χ2n) is 4.96. The van der Waals surface area contributed by atoms with Gasteiger partial charge in [0.05, 0.1) is 6.61 Å². The molecular weight excluding hydrogens is 266 g/mol. The van der Waals surface area contributed by atoms with Crippen LogP contribution in [0.15, 0.2) is 22.7 Å². The highest BCUT2D eigenvalue weighted by Crippen LogP contribution is 2.36. The van der Waals surface area contributed by atoms with Crippen LogP contribution in [0.25, 0.3) is 0 Å². The van der Waals surface area contributed by atoms with Crippen molar-refractivity contribution < 1.29 is 4.74 Å². The van der Waals surface area contributed by atoms with Crippen molar-refractivity contribution in [2.24, 2.45) is 11.1 Å². The molecule has 1 aromatic rings. The number of halogens is 1. The van der Waals surface area contributed by atoms with E-state index in [1.807, 2.05) is 25.1 Å². The molecule has 0 fully saturated rings. The molecule has 0 spiro atoms. The summed E-state index contributed by atoms with van der Waals surface area (Å²) in [5.74, 6) is 0.883. The highest BCUT2D eigenvalue weighted by Gasteiger charge is 2.25. The maximum atomic E-state index is 6.27. The second kappa shape index (κ2) is 5.19. The van der Waals surface area contributed by atoms with Crippen LogP contribution < -0.4 is 10.5 Å². The molecule has 0 saturated heterocycles. The zero-order valence-electron chi connectivity index (χ0n) is 10.4. The lowest BCUT2D eigenvalue weighted by atomic mass is 9.83. The fraction of sp³-hybridized carbons (Fsp3) is 0.538. The van der Waals surface area contributed by atoms with Gasteiger partial charge in [-0.15, -0.1) is 0 Å². The summed E-state index contributed by atoms with van der Waals surface area (Å²) < 4.78 is 6.64. The average Bonchev–Trinajstić information content (AvgIpc) is 2.18. The van der Waals surface area contributed by atoms with Gasteiger partial charge in [-0.1, -0.05) is 36.7 Å². The number of ether oxygens (including phenoxy) is 1. The largest absolute Gasteiger partial charge is 0.494 e. The van der Waals surface area contributed by atoms with E-state index < -0.39 is 0 Å². The number of nitrogens with two attached hydrogens (primary N) is 1. The summed E-state index contributed by atoms with van der Waals surface area (Å²) in [6.07, 6.45) is 0. The standard InChI is InChI=1S/C13H20BrNO/c1-5-16-11-7-6-9(14)8-10(11)12(15)13(2,3)4/h6-8,12H,5,15H2,1-4H3/t12-/m0/s1. The number of hydrogen-bond acceptors (Lipinski definition) is 2. The molecule has 0 unspecified atom stereocenters. The van der Waals surface area contributed by atoms with Crippen LogP contribution in [0.5, 0.6) is 5.75 Å². The minimum atomic E-state index is -0.0356. The number of benzene rings is 1. The van der Waals surface area contributed by atoms with E-state index in [2.05, 4.69) is 36.7 Å². The van der Waals surface area contributed by atoms with Crippen molar-refractivity contribution in [3.05, 3.63) is 28.2 Å². The molecule has 2 N–H and O–H groups in total. The van der Waals surface area contributed by atoms with Crippen molar-refractivity contribution in [3.8, 4) is 5.75 Å². The van der Waals surface area contributed by atoms with Crippen molar-refractivity contribution in [1.82, 2.24) is 0 Å². The molecule has 0 aliphatic rings. The number of hydrogen-bond donors (Lipinski definition) is 1. The Kier molecular flexibility index (Phi) is 4.39. The minimum absolute atomic E-state index is 0.0205. The summed E-state index contributed by atoms with van der Waals surface area (Å²) in [7, 11) is 0. The van der Waals surface area contributed by atoms with Crippen molar-refractivity contribution in [1.29, 1.82) is 0 Å². The van der Waals surface area contributed by atoms with E-state index in [0.29, 0.717) is 6.61 Å². The molecule has 0 radical (unpaired) electrons. The van der Waals surface area contributed by atoms with Gasteiger partial charge >= 0.3 is 0 Å². The first-order valence-corrected chi connectivity index (χ1v) is 6.33. The van der Waals surface area contributed by atoms with Crippen molar-refractivity contribution in [2.45, 2.75) is 33.7 Å². The Morgan fingerprint density at radius 3 is 2.50 bits per heavy atom. The third-order valence-electron chi connectivity index (χ3n) is 2.54. The van der Waals surface area contributed by atoms with Gasteiger partial charge in [-0.25, -0.2) is 0 Å². The summed E-state index contributed by atoms with van der Waals surface area (Å²) >= 11 is 3.47. The lowest BCUT2D eigenvalue weighted by Crippen LogP contribution is -2.26. The maximum Gasteiger partial charge on any atom is 0.124 e. The highest BCUT2D eigenvalue weighted by molar-refractivity contribution is 9.10. The lowest BCUT2D eigenvalue weighted by molar-refractivity contribution is 0.298. The average molecular weight is 286 g/mol. The van der Waals surface area contributed by atoms with Gasteiger partial charge in [0, 0.05) is 16.1 Å². The fourth-order valence-electron chi connectivity index (χ4n) is 1.52. The predicted octanol–water partition coefficient (Wildman–Crippen LogP) is 3.89. The van der Waals surface area contributed by atoms with Crippen LogP contribution in [0, 0.1) is 5.41 Å². The summed E-state index contributed by atoms with van der Waals surface area (Å²) in [6, 6.07) is 5.95. The van der Waals surface area contributed by atoms with Gasteiger partial charge in [-0.05, 0) is 30.5 Å². The van der Waals surface area contributed by atoms with Crippen LogP contribution in [-0.4, -0.2) is 6.61 Å². The Hall–Kier alpha value is -0.540. The summed E-state index contributed by atoms with van der Waals surface area (Å²) in [4.78, 5) is 0. The van der Waals surface area contributed by atoms with E-state index >= 15 is 0 Å². The normalized spacial score (nSPS) is 13.6. The van der Waals surface area contributed by atoms with Crippen LogP contribution in [0.2, 0.25) is 0 Å². The molecule has 0 saturated carbocycles. The Bertz CT molecular complexity index is 357.